The van der Waals surface area contributed by atoms with E-state index in [0.29, 0.717) is 30.3 Å². The molecule has 2 heterocycles. The predicted molar refractivity (Wildman–Crippen MR) is 72.6 cm³/mol. The average molecular weight is 280 g/mol. The fourth-order valence-electron chi connectivity index (χ4n) is 3.38. The standard InChI is InChI=1S/C15H21FN2O2/c16-10-4-5-13(17-8-10)14(19)9-18-12-2-1-3-15-11(12)6-7-20-15/h4-5,8,11-12,14-15,18-19H,1-3,6-7,9H2. The summed E-state index contributed by atoms with van der Waals surface area (Å²) in [6.07, 6.45) is 5.40. The number of aliphatic hydroxyl groups is 1. The van der Waals surface area contributed by atoms with Gasteiger partial charge in [-0.15, -0.1) is 0 Å². The van der Waals surface area contributed by atoms with Crippen LogP contribution in [0.25, 0.3) is 0 Å². The van der Waals surface area contributed by atoms with Crippen LogP contribution in [0.1, 0.15) is 37.5 Å². The van der Waals surface area contributed by atoms with Gasteiger partial charge in [0.05, 0.1) is 18.0 Å². The number of nitrogens with zero attached hydrogens (tertiary/aromatic N) is 1. The van der Waals surface area contributed by atoms with Crippen molar-refractivity contribution in [1.82, 2.24) is 10.3 Å². The van der Waals surface area contributed by atoms with Crippen LogP contribution in [0.3, 0.4) is 0 Å². The molecule has 1 aliphatic heterocycles. The third-order valence-corrected chi connectivity index (χ3v) is 4.45. The van der Waals surface area contributed by atoms with Crippen LogP contribution in [0.4, 0.5) is 4.39 Å². The number of fused-ring (bicyclic) bond motifs is 1. The summed E-state index contributed by atoms with van der Waals surface area (Å²) in [5.41, 5.74) is 0.508. The molecule has 4 atom stereocenters. The summed E-state index contributed by atoms with van der Waals surface area (Å²) in [4.78, 5) is 3.92. The number of nitrogens with one attached hydrogen (secondary N) is 1. The normalized spacial score (nSPS) is 31.0. The van der Waals surface area contributed by atoms with E-state index in [9.17, 15) is 9.50 Å². The van der Waals surface area contributed by atoms with Gasteiger partial charge in [0.2, 0.25) is 0 Å². The van der Waals surface area contributed by atoms with Crippen LogP contribution in [0.2, 0.25) is 0 Å². The molecule has 1 saturated carbocycles. The molecule has 20 heavy (non-hydrogen) atoms. The number of ether oxygens (including phenoxy) is 1. The zero-order chi connectivity index (χ0) is 13.9. The van der Waals surface area contributed by atoms with E-state index in [-0.39, 0.29) is 5.82 Å². The minimum Gasteiger partial charge on any atom is -0.385 e. The van der Waals surface area contributed by atoms with Crippen molar-refractivity contribution in [2.45, 2.75) is 43.9 Å². The molecular weight excluding hydrogens is 259 g/mol. The molecule has 5 heteroatoms. The number of hydrogen-bond acceptors (Lipinski definition) is 4. The second-order valence-corrected chi connectivity index (χ2v) is 5.72. The number of pyridine rings is 1. The van der Waals surface area contributed by atoms with E-state index < -0.39 is 6.10 Å². The summed E-state index contributed by atoms with van der Waals surface area (Å²) in [6.45, 7) is 1.31. The van der Waals surface area contributed by atoms with Gasteiger partial charge in [-0.05, 0) is 37.8 Å². The number of rotatable bonds is 4. The molecule has 1 aliphatic carbocycles. The van der Waals surface area contributed by atoms with Gasteiger partial charge in [0.1, 0.15) is 11.9 Å². The van der Waals surface area contributed by atoms with Crippen molar-refractivity contribution in [3.05, 3.63) is 29.8 Å². The SMILES string of the molecule is OC(CNC1CCCC2OCCC12)c1ccc(F)cn1. The summed E-state index contributed by atoms with van der Waals surface area (Å²) in [7, 11) is 0. The molecule has 0 bridgehead atoms. The van der Waals surface area contributed by atoms with Gasteiger partial charge in [0, 0.05) is 25.1 Å². The molecule has 4 nitrogen and oxygen atoms in total. The Kier molecular flexibility index (Phi) is 4.29. The van der Waals surface area contributed by atoms with E-state index >= 15 is 0 Å². The maximum Gasteiger partial charge on any atom is 0.141 e. The Morgan fingerprint density at radius 2 is 2.30 bits per heavy atom. The van der Waals surface area contributed by atoms with Gasteiger partial charge >= 0.3 is 0 Å². The third-order valence-electron chi connectivity index (χ3n) is 4.45. The molecule has 0 radical (unpaired) electrons. The number of hydrogen-bond donors (Lipinski definition) is 2. The first-order valence-electron chi connectivity index (χ1n) is 7.38. The van der Waals surface area contributed by atoms with E-state index in [0.717, 1.165) is 32.1 Å². The maximum absolute atomic E-state index is 12.8. The lowest BCUT2D eigenvalue weighted by molar-refractivity contribution is 0.0498. The fourth-order valence-corrected chi connectivity index (χ4v) is 3.38. The highest BCUT2D eigenvalue weighted by atomic mass is 19.1. The van der Waals surface area contributed by atoms with Crippen LogP contribution in [0.5, 0.6) is 0 Å². The zero-order valence-corrected chi connectivity index (χ0v) is 11.5. The Balaban J connectivity index is 1.54. The molecule has 0 aromatic carbocycles. The Labute approximate surface area is 118 Å². The van der Waals surface area contributed by atoms with E-state index in [4.69, 9.17) is 4.74 Å². The van der Waals surface area contributed by atoms with E-state index in [1.807, 2.05) is 0 Å². The van der Waals surface area contributed by atoms with Crippen LogP contribution >= 0.6 is 0 Å². The second kappa shape index (κ2) is 6.16. The molecule has 2 fully saturated rings. The predicted octanol–water partition coefficient (Wildman–Crippen LogP) is 1.80. The highest BCUT2D eigenvalue weighted by molar-refractivity contribution is 5.08. The first-order chi connectivity index (χ1) is 9.74. The molecule has 1 aromatic rings. The molecule has 0 amide bonds. The summed E-state index contributed by atoms with van der Waals surface area (Å²) < 4.78 is 18.5. The van der Waals surface area contributed by atoms with Crippen molar-refractivity contribution in [2.75, 3.05) is 13.2 Å². The molecule has 1 aromatic heterocycles. The van der Waals surface area contributed by atoms with Crippen molar-refractivity contribution in [1.29, 1.82) is 0 Å². The lowest BCUT2D eigenvalue weighted by Gasteiger charge is -2.33. The third kappa shape index (κ3) is 3.00. The van der Waals surface area contributed by atoms with Crippen molar-refractivity contribution < 1.29 is 14.2 Å². The van der Waals surface area contributed by atoms with Crippen LogP contribution in [-0.4, -0.2) is 35.4 Å². The molecule has 2 aliphatic rings. The quantitative estimate of drug-likeness (QED) is 0.883. The molecule has 0 spiro atoms. The van der Waals surface area contributed by atoms with Crippen molar-refractivity contribution in [3.63, 3.8) is 0 Å². The molecular formula is C15H21FN2O2. The zero-order valence-electron chi connectivity index (χ0n) is 11.5. The minimum atomic E-state index is -0.696. The average Bonchev–Trinajstić information content (AvgIpc) is 2.94. The summed E-state index contributed by atoms with van der Waals surface area (Å²) in [5, 5.41) is 13.5. The monoisotopic (exact) mass is 280 g/mol. The first-order valence-corrected chi connectivity index (χ1v) is 7.38. The molecule has 1 saturated heterocycles. The molecule has 2 N–H and O–H groups in total. The van der Waals surface area contributed by atoms with Gasteiger partial charge in [0.15, 0.2) is 0 Å². The Bertz CT molecular complexity index is 440. The fraction of sp³-hybridized carbons (Fsp3) is 0.667. The number of halogens is 1. The van der Waals surface area contributed by atoms with Gasteiger partial charge in [-0.25, -0.2) is 4.39 Å². The van der Waals surface area contributed by atoms with Gasteiger partial charge in [-0.1, -0.05) is 0 Å². The maximum atomic E-state index is 12.8. The number of aliphatic hydroxyl groups excluding tert-OH is 1. The largest absolute Gasteiger partial charge is 0.385 e. The minimum absolute atomic E-state index is 0.382. The summed E-state index contributed by atoms with van der Waals surface area (Å²) >= 11 is 0. The Hall–Kier alpha value is -1.04. The number of aromatic nitrogens is 1. The van der Waals surface area contributed by atoms with E-state index in [2.05, 4.69) is 10.3 Å². The van der Waals surface area contributed by atoms with Gasteiger partial charge in [-0.2, -0.15) is 0 Å². The van der Waals surface area contributed by atoms with Crippen LogP contribution in [-0.2, 0) is 4.74 Å². The topological polar surface area (TPSA) is 54.4 Å². The van der Waals surface area contributed by atoms with Crippen molar-refractivity contribution in [2.24, 2.45) is 5.92 Å². The molecule has 3 rings (SSSR count). The molecule has 110 valence electrons. The first kappa shape index (κ1) is 13.9. The van der Waals surface area contributed by atoms with Gasteiger partial charge in [0.25, 0.3) is 0 Å². The van der Waals surface area contributed by atoms with E-state index in [1.165, 1.54) is 18.6 Å². The highest BCUT2D eigenvalue weighted by Gasteiger charge is 2.37. The highest BCUT2D eigenvalue weighted by Crippen LogP contribution is 2.34. The second-order valence-electron chi connectivity index (χ2n) is 5.72. The van der Waals surface area contributed by atoms with Crippen molar-refractivity contribution >= 4 is 0 Å². The van der Waals surface area contributed by atoms with Crippen LogP contribution in [0.15, 0.2) is 18.3 Å². The van der Waals surface area contributed by atoms with Gasteiger partial charge < -0.3 is 15.2 Å². The van der Waals surface area contributed by atoms with E-state index in [1.54, 1.807) is 0 Å². The summed E-state index contributed by atoms with van der Waals surface area (Å²) in [6, 6.07) is 3.27. The van der Waals surface area contributed by atoms with Gasteiger partial charge in [-0.3, -0.25) is 4.98 Å². The van der Waals surface area contributed by atoms with Crippen LogP contribution < -0.4 is 5.32 Å². The molecule has 4 unspecified atom stereocenters. The summed E-state index contributed by atoms with van der Waals surface area (Å²) in [5.74, 6) is 0.185. The smallest absolute Gasteiger partial charge is 0.141 e. The van der Waals surface area contributed by atoms with Crippen LogP contribution in [0, 0.1) is 11.7 Å². The lowest BCUT2D eigenvalue weighted by Crippen LogP contribution is -2.44. The Morgan fingerprint density at radius 3 is 3.10 bits per heavy atom. The lowest BCUT2D eigenvalue weighted by atomic mass is 9.82. The Morgan fingerprint density at radius 1 is 1.40 bits per heavy atom. The van der Waals surface area contributed by atoms with Crippen molar-refractivity contribution in [3.8, 4) is 0 Å².